The predicted octanol–water partition coefficient (Wildman–Crippen LogP) is 2.99. The summed E-state index contributed by atoms with van der Waals surface area (Å²) >= 11 is 3.48. The average Bonchev–Trinajstić information content (AvgIpc) is 3.25. The summed E-state index contributed by atoms with van der Waals surface area (Å²) in [5.74, 6) is 0.730. The molecule has 0 aliphatic heterocycles. The lowest BCUT2D eigenvalue weighted by molar-refractivity contribution is -0.127. The number of hydrogen-bond acceptors (Lipinski definition) is 3. The minimum Gasteiger partial charge on any atom is -0.481 e. The van der Waals surface area contributed by atoms with Gasteiger partial charge in [-0.15, -0.1) is 0 Å². The molecule has 2 N–H and O–H groups in total. The lowest BCUT2D eigenvalue weighted by atomic mass is 10.2. The van der Waals surface area contributed by atoms with E-state index in [1.165, 1.54) is 0 Å². The van der Waals surface area contributed by atoms with Crippen molar-refractivity contribution in [1.82, 2.24) is 10.6 Å². The van der Waals surface area contributed by atoms with E-state index in [2.05, 4.69) is 33.5 Å². The first kappa shape index (κ1) is 16.3. The highest BCUT2D eigenvalue weighted by molar-refractivity contribution is 9.10. The normalized spacial score (nSPS) is 15.6. The van der Waals surface area contributed by atoms with E-state index < -0.39 is 6.10 Å². The van der Waals surface area contributed by atoms with Crippen LogP contribution in [0.1, 0.15) is 38.7 Å². The summed E-state index contributed by atoms with van der Waals surface area (Å²) in [6.45, 7) is 5.63. The minimum atomic E-state index is -0.475. The first-order valence-electron chi connectivity index (χ1n) is 7.56. The van der Waals surface area contributed by atoms with Crippen molar-refractivity contribution in [2.24, 2.45) is 0 Å². The van der Waals surface area contributed by atoms with Crippen LogP contribution in [0.15, 0.2) is 22.7 Å². The Morgan fingerprint density at radius 3 is 2.90 bits per heavy atom. The second-order valence-corrected chi connectivity index (χ2v) is 6.39. The number of carbonyl (C=O) groups is 1. The van der Waals surface area contributed by atoms with Crippen molar-refractivity contribution in [1.29, 1.82) is 0 Å². The monoisotopic (exact) mass is 354 g/mol. The van der Waals surface area contributed by atoms with Gasteiger partial charge in [-0.3, -0.25) is 4.79 Å². The van der Waals surface area contributed by atoms with Crippen LogP contribution in [0.25, 0.3) is 0 Å². The molecular weight excluding hydrogens is 332 g/mol. The third-order valence-electron chi connectivity index (χ3n) is 3.36. The lowest BCUT2D eigenvalue weighted by Crippen LogP contribution is -2.37. The van der Waals surface area contributed by atoms with E-state index in [9.17, 15) is 4.79 Å². The first-order valence-corrected chi connectivity index (χ1v) is 8.35. The molecule has 0 heterocycles. The molecule has 0 saturated heterocycles. The van der Waals surface area contributed by atoms with Gasteiger partial charge < -0.3 is 15.4 Å². The quantitative estimate of drug-likeness (QED) is 0.705. The van der Waals surface area contributed by atoms with Crippen LogP contribution < -0.4 is 15.4 Å². The molecule has 21 heavy (non-hydrogen) atoms. The molecule has 1 fully saturated rings. The fourth-order valence-electron chi connectivity index (χ4n) is 1.99. The molecule has 116 valence electrons. The van der Waals surface area contributed by atoms with Gasteiger partial charge in [0, 0.05) is 22.6 Å². The van der Waals surface area contributed by atoms with Gasteiger partial charge in [0.15, 0.2) is 6.10 Å². The number of benzene rings is 1. The molecule has 0 bridgehead atoms. The number of ether oxygens (including phenoxy) is 1. The molecule has 1 aromatic carbocycles. The van der Waals surface area contributed by atoms with Crippen LogP contribution in [-0.2, 0) is 11.3 Å². The van der Waals surface area contributed by atoms with Crippen molar-refractivity contribution in [2.45, 2.75) is 51.8 Å². The van der Waals surface area contributed by atoms with Crippen LogP contribution in [-0.4, -0.2) is 24.6 Å². The molecule has 2 rings (SSSR count). The second kappa shape index (κ2) is 7.80. The molecule has 0 radical (unpaired) electrons. The zero-order valence-corrected chi connectivity index (χ0v) is 14.2. The summed E-state index contributed by atoms with van der Waals surface area (Å²) in [6, 6.07) is 6.24. The van der Waals surface area contributed by atoms with Crippen molar-refractivity contribution in [3.63, 3.8) is 0 Å². The smallest absolute Gasteiger partial charge is 0.260 e. The van der Waals surface area contributed by atoms with Gasteiger partial charge in [0.05, 0.1) is 0 Å². The number of carbonyl (C=O) groups excluding carboxylic acids is 1. The first-order chi connectivity index (χ1) is 10.1. The van der Waals surface area contributed by atoms with Crippen molar-refractivity contribution < 1.29 is 9.53 Å². The van der Waals surface area contributed by atoms with Gasteiger partial charge >= 0.3 is 0 Å². The summed E-state index contributed by atoms with van der Waals surface area (Å²) < 4.78 is 6.86. The topological polar surface area (TPSA) is 50.4 Å². The fraction of sp³-hybridized carbons (Fsp3) is 0.562. The Bertz CT molecular complexity index is 489. The van der Waals surface area contributed by atoms with E-state index in [4.69, 9.17) is 4.74 Å². The van der Waals surface area contributed by atoms with Crippen LogP contribution in [0.2, 0.25) is 0 Å². The average molecular weight is 355 g/mol. The van der Waals surface area contributed by atoms with E-state index in [-0.39, 0.29) is 5.91 Å². The maximum atomic E-state index is 12.0. The van der Waals surface area contributed by atoms with E-state index in [1.54, 1.807) is 6.92 Å². The van der Waals surface area contributed by atoms with E-state index in [1.807, 2.05) is 18.2 Å². The molecule has 1 amide bonds. The third-order valence-corrected chi connectivity index (χ3v) is 3.85. The summed E-state index contributed by atoms with van der Waals surface area (Å²) in [5.41, 5.74) is 1.06. The number of halogens is 1. The molecule has 1 atom stereocenters. The van der Waals surface area contributed by atoms with Crippen LogP contribution in [0.3, 0.4) is 0 Å². The molecule has 4 nitrogen and oxygen atoms in total. The van der Waals surface area contributed by atoms with Crippen molar-refractivity contribution >= 4 is 21.8 Å². The summed E-state index contributed by atoms with van der Waals surface area (Å²) in [6.07, 6.45) is 2.78. The van der Waals surface area contributed by atoms with Gasteiger partial charge in [-0.25, -0.2) is 0 Å². The summed E-state index contributed by atoms with van der Waals surface area (Å²) in [5, 5.41) is 6.33. The summed E-state index contributed by atoms with van der Waals surface area (Å²) in [7, 11) is 0. The maximum absolute atomic E-state index is 12.0. The van der Waals surface area contributed by atoms with Crippen molar-refractivity contribution in [3.8, 4) is 5.75 Å². The second-order valence-electron chi connectivity index (χ2n) is 5.47. The minimum absolute atomic E-state index is 0.0344. The van der Waals surface area contributed by atoms with E-state index in [0.29, 0.717) is 6.04 Å². The van der Waals surface area contributed by atoms with Crippen LogP contribution >= 0.6 is 15.9 Å². The molecule has 1 aromatic rings. The molecular formula is C16H23BrN2O2. The van der Waals surface area contributed by atoms with Crippen molar-refractivity contribution in [2.75, 3.05) is 6.54 Å². The molecule has 0 spiro atoms. The molecule has 1 aliphatic carbocycles. The Labute approximate surface area is 134 Å². The van der Waals surface area contributed by atoms with Gasteiger partial charge in [-0.05, 0) is 50.9 Å². The van der Waals surface area contributed by atoms with Crippen LogP contribution in [0.4, 0.5) is 0 Å². The molecule has 5 heteroatoms. The molecule has 1 unspecified atom stereocenters. The van der Waals surface area contributed by atoms with Gasteiger partial charge in [0.25, 0.3) is 5.91 Å². The number of rotatable bonds is 8. The Hall–Kier alpha value is -1.07. The summed E-state index contributed by atoms with van der Waals surface area (Å²) in [4.78, 5) is 12.0. The largest absolute Gasteiger partial charge is 0.481 e. The number of hydrogen-bond donors (Lipinski definition) is 2. The van der Waals surface area contributed by atoms with Gasteiger partial charge in [0.1, 0.15) is 5.75 Å². The molecule has 0 aromatic heterocycles. The fourth-order valence-corrected chi connectivity index (χ4v) is 2.40. The number of amides is 1. The zero-order valence-electron chi connectivity index (χ0n) is 12.6. The highest BCUT2D eigenvalue weighted by atomic mass is 79.9. The maximum Gasteiger partial charge on any atom is 0.260 e. The molecule has 1 saturated carbocycles. The van der Waals surface area contributed by atoms with Gasteiger partial charge in [-0.1, -0.05) is 22.9 Å². The Balaban J connectivity index is 1.97. The van der Waals surface area contributed by atoms with Gasteiger partial charge in [0.2, 0.25) is 0 Å². The molecule has 1 aliphatic rings. The Morgan fingerprint density at radius 1 is 1.48 bits per heavy atom. The predicted molar refractivity (Wildman–Crippen MR) is 87.4 cm³/mol. The lowest BCUT2D eigenvalue weighted by Gasteiger charge is -2.17. The standard InChI is InChI=1S/C16H23BrN2O2/c1-3-8-18-10-12-9-13(17)4-7-15(12)21-11(2)16(20)19-14-5-6-14/h4,7,9,11,14,18H,3,5-6,8,10H2,1-2H3,(H,19,20). The van der Waals surface area contributed by atoms with E-state index >= 15 is 0 Å². The van der Waals surface area contributed by atoms with E-state index in [0.717, 1.165) is 48.1 Å². The van der Waals surface area contributed by atoms with Crippen molar-refractivity contribution in [3.05, 3.63) is 28.2 Å². The van der Waals surface area contributed by atoms with Crippen LogP contribution in [0, 0.1) is 0 Å². The van der Waals surface area contributed by atoms with Gasteiger partial charge in [-0.2, -0.15) is 0 Å². The highest BCUT2D eigenvalue weighted by Gasteiger charge is 2.26. The highest BCUT2D eigenvalue weighted by Crippen LogP contribution is 2.25. The Kier molecular flexibility index (Phi) is 6.06. The zero-order chi connectivity index (χ0) is 15.2. The Morgan fingerprint density at radius 2 is 2.24 bits per heavy atom. The number of nitrogens with one attached hydrogen (secondary N) is 2. The SMILES string of the molecule is CCCNCc1cc(Br)ccc1OC(C)C(=O)NC1CC1. The van der Waals surface area contributed by atoms with Crippen LogP contribution in [0.5, 0.6) is 5.75 Å². The third kappa shape index (κ3) is 5.32.